The Morgan fingerprint density at radius 1 is 1.30 bits per heavy atom. The van der Waals surface area contributed by atoms with Crippen molar-refractivity contribution in [3.8, 4) is 0 Å². The van der Waals surface area contributed by atoms with Crippen molar-refractivity contribution in [2.45, 2.75) is 47.1 Å². The molecule has 5 heteroatoms. The van der Waals surface area contributed by atoms with Gasteiger partial charge in [0.15, 0.2) is 0 Å². The van der Waals surface area contributed by atoms with Crippen LogP contribution < -0.4 is 5.32 Å². The van der Waals surface area contributed by atoms with Gasteiger partial charge in [-0.15, -0.1) is 11.3 Å². The van der Waals surface area contributed by atoms with Crippen molar-refractivity contribution in [2.24, 2.45) is 5.92 Å². The summed E-state index contributed by atoms with van der Waals surface area (Å²) >= 11 is 1.78. The van der Waals surface area contributed by atoms with Crippen LogP contribution in [0.3, 0.4) is 0 Å². The molecule has 0 bridgehead atoms. The highest BCUT2D eigenvalue weighted by Gasteiger charge is 2.05. The fourth-order valence-corrected chi connectivity index (χ4v) is 3.03. The molecule has 2 aromatic heterocycles. The molecule has 0 aromatic carbocycles. The Hall–Kier alpha value is -1.49. The number of anilines is 1. The van der Waals surface area contributed by atoms with Gasteiger partial charge in [-0.05, 0) is 19.3 Å². The molecule has 2 heterocycles. The van der Waals surface area contributed by atoms with Gasteiger partial charge in [0.05, 0.1) is 11.6 Å². The third-order valence-electron chi connectivity index (χ3n) is 2.88. The molecule has 0 amide bonds. The maximum atomic E-state index is 4.47. The Bertz CT molecular complexity index is 563. The summed E-state index contributed by atoms with van der Waals surface area (Å²) in [6, 6.07) is 2.02. The van der Waals surface area contributed by atoms with Gasteiger partial charge >= 0.3 is 0 Å². The molecule has 0 saturated heterocycles. The van der Waals surface area contributed by atoms with E-state index in [0.29, 0.717) is 5.92 Å². The van der Waals surface area contributed by atoms with Crippen LogP contribution in [-0.2, 0) is 19.4 Å². The highest BCUT2D eigenvalue weighted by atomic mass is 32.1. The molecular weight excluding hydrogens is 268 g/mol. The van der Waals surface area contributed by atoms with E-state index < -0.39 is 0 Å². The lowest BCUT2D eigenvalue weighted by molar-refractivity contribution is 0.644. The van der Waals surface area contributed by atoms with E-state index >= 15 is 0 Å². The molecule has 2 rings (SSSR count). The third kappa shape index (κ3) is 4.27. The zero-order valence-electron chi connectivity index (χ0n) is 12.6. The number of hydrogen-bond donors (Lipinski definition) is 1. The Morgan fingerprint density at radius 3 is 2.80 bits per heavy atom. The Morgan fingerprint density at radius 2 is 2.10 bits per heavy atom. The molecule has 2 aromatic rings. The number of nitrogens with zero attached hydrogens (tertiary/aromatic N) is 3. The highest BCUT2D eigenvalue weighted by Crippen LogP contribution is 2.18. The van der Waals surface area contributed by atoms with Crippen LogP contribution in [0.15, 0.2) is 12.3 Å². The van der Waals surface area contributed by atoms with Crippen molar-refractivity contribution >= 4 is 17.2 Å². The lowest BCUT2D eigenvalue weighted by Crippen LogP contribution is -2.03. The predicted molar refractivity (Wildman–Crippen MR) is 84.1 cm³/mol. The summed E-state index contributed by atoms with van der Waals surface area (Å²) in [6.45, 7) is 9.24. The molecular formula is C15H22N4S. The maximum absolute atomic E-state index is 4.47. The van der Waals surface area contributed by atoms with Gasteiger partial charge in [-0.2, -0.15) is 0 Å². The quantitative estimate of drug-likeness (QED) is 0.883. The summed E-state index contributed by atoms with van der Waals surface area (Å²) in [6.07, 6.45) is 3.94. The van der Waals surface area contributed by atoms with Gasteiger partial charge in [-0.1, -0.05) is 20.8 Å². The van der Waals surface area contributed by atoms with Gasteiger partial charge in [0.2, 0.25) is 0 Å². The zero-order valence-corrected chi connectivity index (χ0v) is 13.4. The van der Waals surface area contributed by atoms with E-state index in [-0.39, 0.29) is 0 Å². The SMILES string of the molecule is CCc1cc(NCc2cnc(CC(C)C)s2)nc(C)n1. The van der Waals surface area contributed by atoms with E-state index in [1.54, 1.807) is 11.3 Å². The monoisotopic (exact) mass is 290 g/mol. The first kappa shape index (κ1) is 14.9. The summed E-state index contributed by atoms with van der Waals surface area (Å²) in [4.78, 5) is 14.5. The van der Waals surface area contributed by atoms with Crippen LogP contribution >= 0.6 is 11.3 Å². The first-order valence-electron chi connectivity index (χ1n) is 7.08. The van der Waals surface area contributed by atoms with Crippen molar-refractivity contribution in [3.05, 3.63) is 33.7 Å². The predicted octanol–water partition coefficient (Wildman–Crippen LogP) is 3.61. The number of rotatable bonds is 6. The van der Waals surface area contributed by atoms with Crippen molar-refractivity contribution in [2.75, 3.05) is 5.32 Å². The molecule has 0 atom stereocenters. The molecule has 0 aliphatic rings. The molecule has 0 fully saturated rings. The van der Waals surface area contributed by atoms with Gasteiger partial charge in [0.25, 0.3) is 0 Å². The van der Waals surface area contributed by atoms with E-state index in [1.165, 1.54) is 9.88 Å². The molecule has 0 unspecified atom stereocenters. The highest BCUT2D eigenvalue weighted by molar-refractivity contribution is 7.11. The molecule has 4 nitrogen and oxygen atoms in total. The van der Waals surface area contributed by atoms with Crippen LogP contribution in [-0.4, -0.2) is 15.0 Å². The van der Waals surface area contributed by atoms with Crippen molar-refractivity contribution in [1.82, 2.24) is 15.0 Å². The Balaban J connectivity index is 1.98. The summed E-state index contributed by atoms with van der Waals surface area (Å²) in [5, 5.41) is 4.58. The first-order valence-corrected chi connectivity index (χ1v) is 7.90. The second-order valence-electron chi connectivity index (χ2n) is 5.32. The fourth-order valence-electron chi connectivity index (χ4n) is 1.95. The van der Waals surface area contributed by atoms with Gasteiger partial charge < -0.3 is 5.32 Å². The van der Waals surface area contributed by atoms with E-state index in [0.717, 1.165) is 36.7 Å². The summed E-state index contributed by atoms with van der Waals surface area (Å²) in [5.41, 5.74) is 1.07. The van der Waals surface area contributed by atoms with Crippen molar-refractivity contribution < 1.29 is 0 Å². The summed E-state index contributed by atoms with van der Waals surface area (Å²) in [5.74, 6) is 2.36. The Kier molecular flexibility index (Phi) is 5.06. The van der Waals surface area contributed by atoms with Crippen LogP contribution in [0.25, 0.3) is 0 Å². The average molecular weight is 290 g/mol. The van der Waals surface area contributed by atoms with E-state index in [4.69, 9.17) is 0 Å². The molecule has 20 heavy (non-hydrogen) atoms. The van der Waals surface area contributed by atoms with Crippen LogP contribution in [0, 0.1) is 12.8 Å². The molecule has 0 aliphatic carbocycles. The molecule has 0 aliphatic heterocycles. The van der Waals surface area contributed by atoms with E-state index in [2.05, 4.69) is 41.0 Å². The molecule has 0 radical (unpaired) electrons. The number of aryl methyl sites for hydroxylation is 2. The van der Waals surface area contributed by atoms with Crippen molar-refractivity contribution in [1.29, 1.82) is 0 Å². The number of thiazole rings is 1. The van der Waals surface area contributed by atoms with Crippen LogP contribution in [0.5, 0.6) is 0 Å². The minimum atomic E-state index is 0.651. The fraction of sp³-hybridized carbons (Fsp3) is 0.533. The topological polar surface area (TPSA) is 50.7 Å². The van der Waals surface area contributed by atoms with Crippen LogP contribution in [0.2, 0.25) is 0 Å². The van der Waals surface area contributed by atoms with Crippen LogP contribution in [0.1, 0.15) is 42.2 Å². The number of nitrogens with one attached hydrogen (secondary N) is 1. The molecule has 1 N–H and O–H groups in total. The van der Waals surface area contributed by atoms with Crippen LogP contribution in [0.4, 0.5) is 5.82 Å². The Labute approximate surface area is 124 Å². The third-order valence-corrected chi connectivity index (χ3v) is 3.90. The van der Waals surface area contributed by atoms with Gasteiger partial charge in [0.1, 0.15) is 11.6 Å². The smallest absolute Gasteiger partial charge is 0.130 e. The largest absolute Gasteiger partial charge is 0.365 e. The number of aromatic nitrogens is 3. The molecule has 0 saturated carbocycles. The standard InChI is InChI=1S/C15H22N4S/c1-5-12-7-14(19-11(4)18-12)16-8-13-9-17-15(20-13)6-10(2)3/h7,9-10H,5-6,8H2,1-4H3,(H,16,18,19). The minimum absolute atomic E-state index is 0.651. The summed E-state index contributed by atoms with van der Waals surface area (Å²) < 4.78 is 0. The van der Waals surface area contributed by atoms with Gasteiger partial charge in [-0.25, -0.2) is 15.0 Å². The normalized spacial score (nSPS) is 11.1. The van der Waals surface area contributed by atoms with E-state index in [9.17, 15) is 0 Å². The van der Waals surface area contributed by atoms with Crippen molar-refractivity contribution in [3.63, 3.8) is 0 Å². The molecule has 0 spiro atoms. The van der Waals surface area contributed by atoms with Gasteiger partial charge in [-0.3, -0.25) is 0 Å². The van der Waals surface area contributed by atoms with E-state index in [1.807, 2.05) is 19.2 Å². The summed E-state index contributed by atoms with van der Waals surface area (Å²) in [7, 11) is 0. The molecule has 108 valence electrons. The van der Waals surface area contributed by atoms with Gasteiger partial charge in [0, 0.05) is 29.3 Å². The zero-order chi connectivity index (χ0) is 14.5. The second-order valence-corrected chi connectivity index (χ2v) is 6.52. The number of hydrogen-bond acceptors (Lipinski definition) is 5. The lowest BCUT2D eigenvalue weighted by Gasteiger charge is -2.06. The first-order chi connectivity index (χ1) is 9.56. The second kappa shape index (κ2) is 6.79. The lowest BCUT2D eigenvalue weighted by atomic mass is 10.1. The maximum Gasteiger partial charge on any atom is 0.130 e. The minimum Gasteiger partial charge on any atom is -0.365 e. The average Bonchev–Trinajstić information content (AvgIpc) is 2.82.